The highest BCUT2D eigenvalue weighted by Gasteiger charge is 2.42. The van der Waals surface area contributed by atoms with Crippen LogP contribution in [0, 0.1) is 0 Å². The second-order valence-electron chi connectivity index (χ2n) is 9.55. The van der Waals surface area contributed by atoms with Crippen molar-refractivity contribution in [1.82, 2.24) is 19.6 Å². The summed E-state index contributed by atoms with van der Waals surface area (Å²) in [5, 5.41) is 2.38. The first kappa shape index (κ1) is 28.7. The normalized spacial score (nSPS) is 19.6. The van der Waals surface area contributed by atoms with E-state index >= 15 is 0 Å². The number of thioether (sulfide) groups is 1. The van der Waals surface area contributed by atoms with E-state index in [0.29, 0.717) is 67.0 Å². The molecule has 0 saturated carbocycles. The highest BCUT2D eigenvalue weighted by molar-refractivity contribution is 8.16. The molecular weight excluding hydrogens is 531 g/mol. The molecule has 4 rings (SSSR count). The molecule has 3 aliphatic heterocycles. The Morgan fingerprint density at radius 2 is 1.62 bits per heavy atom. The SMILES string of the molecule is CCN(CC)C(=O)C1=C(C)N=C2SC=C(CC(=O)N3CCN(C(C)=O)CC3)N2C1c1ccc(C(F)(F)F)cc1. The molecule has 0 aliphatic carbocycles. The number of hydrogen-bond acceptors (Lipinski definition) is 6. The Balaban J connectivity index is 1.67. The molecule has 3 amide bonds. The van der Waals surface area contributed by atoms with Crippen molar-refractivity contribution in [2.75, 3.05) is 39.3 Å². The van der Waals surface area contributed by atoms with E-state index in [9.17, 15) is 27.6 Å². The van der Waals surface area contributed by atoms with Crippen LogP contribution in [0.1, 0.15) is 51.3 Å². The van der Waals surface area contributed by atoms with E-state index < -0.39 is 17.8 Å². The van der Waals surface area contributed by atoms with Crippen LogP contribution >= 0.6 is 11.8 Å². The monoisotopic (exact) mass is 563 g/mol. The highest BCUT2D eigenvalue weighted by atomic mass is 32.2. The molecule has 39 heavy (non-hydrogen) atoms. The molecule has 0 N–H and O–H groups in total. The van der Waals surface area contributed by atoms with Crippen molar-refractivity contribution in [2.45, 2.75) is 46.3 Å². The third-order valence-electron chi connectivity index (χ3n) is 7.25. The molecule has 0 bridgehead atoms. The van der Waals surface area contributed by atoms with E-state index in [2.05, 4.69) is 4.99 Å². The van der Waals surface area contributed by atoms with Crippen molar-refractivity contribution in [3.8, 4) is 0 Å². The number of amides is 3. The van der Waals surface area contributed by atoms with Gasteiger partial charge in [0.1, 0.15) is 0 Å². The molecule has 1 saturated heterocycles. The zero-order valence-electron chi connectivity index (χ0n) is 22.4. The number of aliphatic imine (C=N–C) groups is 1. The Hall–Kier alpha value is -3.28. The van der Waals surface area contributed by atoms with Crippen LogP contribution in [0.15, 0.2) is 51.6 Å². The number of halogens is 3. The molecular formula is C27H32F3N5O3S. The standard InChI is InChI=1S/C27H32F3N5O3S/c1-5-32(6-2)25(38)23-17(3)31-26-35(24(23)19-7-9-20(10-8-19)27(28,29)30)21(16-39-26)15-22(37)34-13-11-33(12-14-34)18(4)36/h7-10,16,24H,5-6,11-15H2,1-4H3. The minimum absolute atomic E-state index is 0.0295. The van der Waals surface area contributed by atoms with Crippen molar-refractivity contribution in [2.24, 2.45) is 4.99 Å². The van der Waals surface area contributed by atoms with E-state index in [4.69, 9.17) is 0 Å². The first-order valence-electron chi connectivity index (χ1n) is 12.9. The predicted octanol–water partition coefficient (Wildman–Crippen LogP) is 4.23. The Labute approximate surface area is 230 Å². The van der Waals surface area contributed by atoms with Crippen LogP contribution in [-0.2, 0) is 20.6 Å². The lowest BCUT2D eigenvalue weighted by Crippen LogP contribution is -2.50. The van der Waals surface area contributed by atoms with Crippen LogP contribution in [0.25, 0.3) is 0 Å². The van der Waals surface area contributed by atoms with Gasteiger partial charge < -0.3 is 19.6 Å². The first-order chi connectivity index (χ1) is 18.5. The smallest absolute Gasteiger partial charge is 0.339 e. The largest absolute Gasteiger partial charge is 0.416 e. The van der Waals surface area contributed by atoms with Crippen LogP contribution in [-0.4, -0.2) is 81.8 Å². The number of amidine groups is 1. The Morgan fingerprint density at radius 3 is 2.15 bits per heavy atom. The van der Waals surface area contributed by atoms with Crippen LogP contribution in [0.2, 0.25) is 0 Å². The molecule has 1 aromatic rings. The number of allylic oxidation sites excluding steroid dienone is 1. The molecule has 0 radical (unpaired) electrons. The molecule has 1 fully saturated rings. The summed E-state index contributed by atoms with van der Waals surface area (Å²) in [5.74, 6) is -0.397. The third kappa shape index (κ3) is 5.85. The molecule has 3 aliphatic rings. The lowest BCUT2D eigenvalue weighted by molar-refractivity contribution is -0.138. The summed E-state index contributed by atoms with van der Waals surface area (Å²) >= 11 is 1.32. The third-order valence-corrected chi connectivity index (χ3v) is 8.13. The molecule has 1 aromatic carbocycles. The molecule has 210 valence electrons. The number of hydrogen-bond donors (Lipinski definition) is 0. The van der Waals surface area contributed by atoms with Gasteiger partial charge in [-0.3, -0.25) is 14.4 Å². The Bertz CT molecular complexity index is 1230. The van der Waals surface area contributed by atoms with Crippen molar-refractivity contribution in [1.29, 1.82) is 0 Å². The quantitative estimate of drug-likeness (QED) is 0.518. The number of likely N-dealkylation sites (N-methyl/N-ethyl adjacent to an activating group) is 1. The molecule has 0 aromatic heterocycles. The maximum atomic E-state index is 13.7. The van der Waals surface area contributed by atoms with E-state index in [1.54, 1.807) is 26.5 Å². The van der Waals surface area contributed by atoms with Gasteiger partial charge in [-0.2, -0.15) is 13.2 Å². The average Bonchev–Trinajstić information content (AvgIpc) is 3.29. The van der Waals surface area contributed by atoms with Gasteiger partial charge in [-0.15, -0.1) is 0 Å². The summed E-state index contributed by atoms with van der Waals surface area (Å²) in [6.07, 6.45) is -4.45. The Morgan fingerprint density at radius 1 is 1.03 bits per heavy atom. The molecule has 8 nitrogen and oxygen atoms in total. The number of fused-ring (bicyclic) bond motifs is 1. The minimum Gasteiger partial charge on any atom is -0.339 e. The van der Waals surface area contributed by atoms with Gasteiger partial charge in [-0.1, -0.05) is 23.9 Å². The van der Waals surface area contributed by atoms with Gasteiger partial charge in [0.25, 0.3) is 5.91 Å². The maximum absolute atomic E-state index is 13.7. The van der Waals surface area contributed by atoms with Gasteiger partial charge >= 0.3 is 6.18 Å². The van der Waals surface area contributed by atoms with E-state index in [0.717, 1.165) is 12.1 Å². The molecule has 1 unspecified atom stereocenters. The number of benzene rings is 1. The lowest BCUT2D eigenvalue weighted by Gasteiger charge is -2.39. The molecule has 12 heteroatoms. The van der Waals surface area contributed by atoms with E-state index in [1.165, 1.54) is 30.8 Å². The van der Waals surface area contributed by atoms with Gasteiger partial charge in [-0.05, 0) is 43.9 Å². The van der Waals surface area contributed by atoms with E-state index in [1.807, 2.05) is 19.3 Å². The number of alkyl halides is 3. The van der Waals surface area contributed by atoms with Crippen molar-refractivity contribution in [3.63, 3.8) is 0 Å². The Kier molecular flexibility index (Phi) is 8.43. The van der Waals surface area contributed by atoms with Gasteiger partial charge in [0.2, 0.25) is 11.8 Å². The summed E-state index contributed by atoms with van der Waals surface area (Å²) in [6, 6.07) is 4.08. The molecule has 3 heterocycles. The van der Waals surface area contributed by atoms with Crippen LogP contribution < -0.4 is 0 Å². The fraction of sp³-hybridized carbons (Fsp3) is 0.481. The predicted molar refractivity (Wildman–Crippen MR) is 143 cm³/mol. The number of piperazine rings is 1. The molecule has 1 atom stereocenters. The number of rotatable bonds is 6. The summed E-state index contributed by atoms with van der Waals surface area (Å²) in [4.78, 5) is 50.2. The van der Waals surface area contributed by atoms with Crippen LogP contribution in [0.4, 0.5) is 13.2 Å². The zero-order valence-corrected chi connectivity index (χ0v) is 23.2. The first-order valence-corrected chi connectivity index (χ1v) is 13.8. The molecule has 0 spiro atoms. The fourth-order valence-corrected chi connectivity index (χ4v) is 6.00. The summed E-state index contributed by atoms with van der Waals surface area (Å²) in [6.45, 7) is 9.66. The highest BCUT2D eigenvalue weighted by Crippen LogP contribution is 2.45. The fourth-order valence-electron chi connectivity index (χ4n) is 5.03. The van der Waals surface area contributed by atoms with Crippen molar-refractivity contribution in [3.05, 3.63) is 57.8 Å². The second-order valence-corrected chi connectivity index (χ2v) is 10.4. The van der Waals surface area contributed by atoms with Crippen LogP contribution in [0.5, 0.6) is 0 Å². The van der Waals surface area contributed by atoms with Crippen LogP contribution in [0.3, 0.4) is 0 Å². The summed E-state index contributed by atoms with van der Waals surface area (Å²) in [5.41, 5.74) is 1.22. The lowest BCUT2D eigenvalue weighted by atomic mass is 9.92. The average molecular weight is 564 g/mol. The minimum atomic E-state index is -4.49. The second kappa shape index (κ2) is 11.4. The van der Waals surface area contributed by atoms with Gasteiger partial charge in [0.15, 0.2) is 5.17 Å². The topological polar surface area (TPSA) is 76.5 Å². The van der Waals surface area contributed by atoms with Gasteiger partial charge in [0, 0.05) is 51.9 Å². The van der Waals surface area contributed by atoms with E-state index in [-0.39, 0.29) is 24.1 Å². The van der Waals surface area contributed by atoms with Gasteiger partial charge in [0.05, 0.1) is 29.3 Å². The van der Waals surface area contributed by atoms with Crippen molar-refractivity contribution >= 4 is 34.7 Å². The van der Waals surface area contributed by atoms with Crippen molar-refractivity contribution < 1.29 is 27.6 Å². The van der Waals surface area contributed by atoms with Gasteiger partial charge in [-0.25, -0.2) is 4.99 Å². The zero-order chi connectivity index (χ0) is 28.5. The maximum Gasteiger partial charge on any atom is 0.416 e. The number of carbonyl (C=O) groups is 3. The number of carbonyl (C=O) groups excluding carboxylic acids is 3. The summed E-state index contributed by atoms with van der Waals surface area (Å²) < 4.78 is 39.9. The summed E-state index contributed by atoms with van der Waals surface area (Å²) in [7, 11) is 0. The number of nitrogens with zero attached hydrogens (tertiary/aromatic N) is 5.